The maximum Gasteiger partial charge on any atom is 0.181 e. The van der Waals surface area contributed by atoms with Crippen molar-refractivity contribution < 1.29 is 4.79 Å². The van der Waals surface area contributed by atoms with Crippen molar-refractivity contribution >= 4 is 33.0 Å². The SMILES string of the molecule is CCC(N)C(=O)c1cscc1Br. The normalized spacial score (nSPS) is 12.9. The molecule has 0 saturated carbocycles. The Morgan fingerprint density at radius 3 is 2.83 bits per heavy atom. The maximum absolute atomic E-state index is 11.5. The van der Waals surface area contributed by atoms with Gasteiger partial charge >= 0.3 is 0 Å². The first-order valence-electron chi connectivity index (χ1n) is 3.68. The zero-order valence-electron chi connectivity index (χ0n) is 6.71. The molecule has 1 heterocycles. The molecule has 2 N–H and O–H groups in total. The van der Waals surface area contributed by atoms with E-state index in [2.05, 4.69) is 15.9 Å². The number of nitrogens with two attached hydrogens (primary N) is 1. The molecule has 1 unspecified atom stereocenters. The number of halogens is 1. The van der Waals surface area contributed by atoms with Gasteiger partial charge in [0.2, 0.25) is 0 Å². The summed E-state index contributed by atoms with van der Waals surface area (Å²) in [7, 11) is 0. The van der Waals surface area contributed by atoms with Gasteiger partial charge in [-0.3, -0.25) is 4.79 Å². The highest BCUT2D eigenvalue weighted by Crippen LogP contribution is 2.22. The summed E-state index contributed by atoms with van der Waals surface area (Å²) in [6.45, 7) is 1.91. The molecule has 2 nitrogen and oxygen atoms in total. The molecule has 0 bridgehead atoms. The van der Waals surface area contributed by atoms with Gasteiger partial charge in [0.1, 0.15) is 0 Å². The smallest absolute Gasteiger partial charge is 0.181 e. The van der Waals surface area contributed by atoms with E-state index in [1.54, 1.807) is 0 Å². The molecule has 0 aliphatic rings. The summed E-state index contributed by atoms with van der Waals surface area (Å²) in [6.07, 6.45) is 0.682. The van der Waals surface area contributed by atoms with Crippen molar-refractivity contribution in [3.63, 3.8) is 0 Å². The fourth-order valence-electron chi connectivity index (χ4n) is 0.842. The summed E-state index contributed by atoms with van der Waals surface area (Å²) in [5.41, 5.74) is 6.31. The Kier molecular flexibility index (Phi) is 3.43. The van der Waals surface area contributed by atoms with Crippen molar-refractivity contribution in [2.45, 2.75) is 19.4 Å². The first-order valence-corrected chi connectivity index (χ1v) is 5.42. The van der Waals surface area contributed by atoms with Crippen LogP contribution in [0.15, 0.2) is 15.2 Å². The molecule has 1 atom stereocenters. The highest BCUT2D eigenvalue weighted by Gasteiger charge is 2.16. The summed E-state index contributed by atoms with van der Waals surface area (Å²) in [6, 6.07) is -0.365. The quantitative estimate of drug-likeness (QED) is 0.835. The summed E-state index contributed by atoms with van der Waals surface area (Å²) < 4.78 is 0.849. The van der Waals surface area contributed by atoms with E-state index in [4.69, 9.17) is 5.73 Å². The van der Waals surface area contributed by atoms with Crippen LogP contribution in [0.4, 0.5) is 0 Å². The number of thiophene rings is 1. The van der Waals surface area contributed by atoms with E-state index in [0.29, 0.717) is 12.0 Å². The number of ketones is 1. The van der Waals surface area contributed by atoms with E-state index in [-0.39, 0.29) is 11.8 Å². The number of Topliss-reactive ketones (excluding diaryl/α,β-unsaturated/α-hetero) is 1. The first kappa shape index (κ1) is 9.89. The van der Waals surface area contributed by atoms with Gasteiger partial charge in [0, 0.05) is 20.8 Å². The molecule has 66 valence electrons. The Morgan fingerprint density at radius 1 is 1.75 bits per heavy atom. The van der Waals surface area contributed by atoms with Gasteiger partial charge in [-0.2, -0.15) is 11.3 Å². The maximum atomic E-state index is 11.5. The van der Waals surface area contributed by atoms with Gasteiger partial charge in [0.05, 0.1) is 6.04 Å². The molecule has 0 aromatic carbocycles. The zero-order chi connectivity index (χ0) is 9.14. The molecule has 1 aromatic heterocycles. The van der Waals surface area contributed by atoms with Crippen molar-refractivity contribution in [1.82, 2.24) is 0 Å². The van der Waals surface area contributed by atoms with Crippen molar-refractivity contribution in [1.29, 1.82) is 0 Å². The van der Waals surface area contributed by atoms with Crippen LogP contribution in [0.1, 0.15) is 23.7 Å². The Balaban J connectivity index is 2.85. The minimum Gasteiger partial charge on any atom is -0.321 e. The van der Waals surface area contributed by atoms with Gasteiger partial charge in [-0.1, -0.05) is 6.92 Å². The van der Waals surface area contributed by atoms with Gasteiger partial charge in [-0.25, -0.2) is 0 Å². The third-order valence-corrected chi connectivity index (χ3v) is 3.36. The average Bonchev–Trinajstić information content (AvgIpc) is 2.48. The van der Waals surface area contributed by atoms with Crippen molar-refractivity contribution in [3.8, 4) is 0 Å². The van der Waals surface area contributed by atoms with E-state index < -0.39 is 0 Å². The van der Waals surface area contributed by atoms with Gasteiger partial charge in [0.25, 0.3) is 0 Å². The largest absolute Gasteiger partial charge is 0.321 e. The molecule has 0 fully saturated rings. The van der Waals surface area contributed by atoms with Gasteiger partial charge in [0.15, 0.2) is 5.78 Å². The van der Waals surface area contributed by atoms with Crippen molar-refractivity contribution in [2.24, 2.45) is 5.73 Å². The summed E-state index contributed by atoms with van der Waals surface area (Å²) in [5.74, 6) is 0.0191. The number of rotatable bonds is 3. The number of carbonyl (C=O) groups is 1. The standard InChI is InChI=1S/C8H10BrNOS/c1-2-7(10)8(11)5-3-12-4-6(5)9/h3-4,7H,2,10H2,1H3. The molecule has 0 aliphatic heterocycles. The third kappa shape index (κ3) is 1.94. The van der Waals surface area contributed by atoms with Crippen LogP contribution in [0, 0.1) is 0 Å². The first-order chi connectivity index (χ1) is 5.66. The molecule has 0 amide bonds. The van der Waals surface area contributed by atoms with Crippen molar-refractivity contribution in [2.75, 3.05) is 0 Å². The zero-order valence-corrected chi connectivity index (χ0v) is 9.11. The van der Waals surface area contributed by atoms with Gasteiger partial charge < -0.3 is 5.73 Å². The second-order valence-corrected chi connectivity index (χ2v) is 4.11. The number of hydrogen-bond acceptors (Lipinski definition) is 3. The van der Waals surface area contributed by atoms with Crippen LogP contribution >= 0.6 is 27.3 Å². The van der Waals surface area contributed by atoms with E-state index in [0.717, 1.165) is 4.47 Å². The van der Waals surface area contributed by atoms with Crippen LogP contribution in [0.2, 0.25) is 0 Å². The minimum absolute atomic E-state index is 0.0191. The highest BCUT2D eigenvalue weighted by molar-refractivity contribution is 9.10. The topological polar surface area (TPSA) is 43.1 Å². The van der Waals surface area contributed by atoms with Crippen LogP contribution in [0.5, 0.6) is 0 Å². The predicted molar refractivity (Wildman–Crippen MR) is 54.6 cm³/mol. The molecule has 1 aromatic rings. The van der Waals surface area contributed by atoms with Crippen LogP contribution in [-0.4, -0.2) is 11.8 Å². The monoisotopic (exact) mass is 247 g/mol. The fourth-order valence-corrected chi connectivity index (χ4v) is 2.32. The second-order valence-electron chi connectivity index (χ2n) is 2.51. The molecule has 1 rings (SSSR count). The molecular formula is C8H10BrNOS. The Labute approximate surface area is 83.9 Å². The predicted octanol–water partition coefficient (Wildman–Crippen LogP) is 2.43. The second kappa shape index (κ2) is 4.16. The van der Waals surface area contributed by atoms with E-state index in [1.807, 2.05) is 17.7 Å². The molecule has 0 radical (unpaired) electrons. The fraction of sp³-hybridized carbons (Fsp3) is 0.375. The van der Waals surface area contributed by atoms with Crippen LogP contribution < -0.4 is 5.73 Å². The van der Waals surface area contributed by atoms with Gasteiger partial charge in [-0.05, 0) is 22.4 Å². The molecule has 0 saturated heterocycles. The van der Waals surface area contributed by atoms with Crippen LogP contribution in [0.3, 0.4) is 0 Å². The summed E-state index contributed by atoms with van der Waals surface area (Å²) in [5, 5.41) is 3.71. The number of hydrogen-bond donors (Lipinski definition) is 1. The molecule has 4 heteroatoms. The summed E-state index contributed by atoms with van der Waals surface area (Å²) in [4.78, 5) is 11.5. The van der Waals surface area contributed by atoms with Gasteiger partial charge in [-0.15, -0.1) is 0 Å². The molecule has 0 aliphatic carbocycles. The van der Waals surface area contributed by atoms with E-state index in [1.165, 1.54) is 11.3 Å². The molecule has 0 spiro atoms. The lowest BCUT2D eigenvalue weighted by Gasteiger charge is -2.05. The minimum atomic E-state index is -0.365. The van der Waals surface area contributed by atoms with Crippen LogP contribution in [0.25, 0.3) is 0 Å². The van der Waals surface area contributed by atoms with Crippen molar-refractivity contribution in [3.05, 3.63) is 20.8 Å². The Bertz CT molecular complexity index is 284. The Morgan fingerprint density at radius 2 is 2.42 bits per heavy atom. The lowest BCUT2D eigenvalue weighted by Crippen LogP contribution is -2.29. The Hall–Kier alpha value is -0.190. The average molecular weight is 248 g/mol. The molecular weight excluding hydrogens is 238 g/mol. The summed E-state index contributed by atoms with van der Waals surface area (Å²) >= 11 is 4.80. The number of carbonyl (C=O) groups excluding carboxylic acids is 1. The van der Waals surface area contributed by atoms with Crippen LogP contribution in [-0.2, 0) is 0 Å². The molecule has 12 heavy (non-hydrogen) atoms. The highest BCUT2D eigenvalue weighted by atomic mass is 79.9. The van der Waals surface area contributed by atoms with E-state index in [9.17, 15) is 4.79 Å². The van der Waals surface area contributed by atoms with E-state index >= 15 is 0 Å². The lowest BCUT2D eigenvalue weighted by molar-refractivity contribution is 0.0959. The lowest BCUT2D eigenvalue weighted by atomic mass is 10.1. The third-order valence-electron chi connectivity index (χ3n) is 1.66.